The molecule has 0 atom stereocenters. The van der Waals surface area contributed by atoms with Gasteiger partial charge >= 0.3 is 5.97 Å². The van der Waals surface area contributed by atoms with E-state index in [-0.39, 0.29) is 0 Å². The Morgan fingerprint density at radius 2 is 1.87 bits per heavy atom. The van der Waals surface area contributed by atoms with Gasteiger partial charge in [0.25, 0.3) is 0 Å². The first-order valence-corrected chi connectivity index (χ1v) is 9.71. The minimum Gasteiger partial charge on any atom is -0.494 e. The number of aromatic nitrogens is 2. The van der Waals surface area contributed by atoms with Gasteiger partial charge in [0.05, 0.1) is 36.5 Å². The maximum atomic E-state index is 11.7. The highest BCUT2D eigenvalue weighted by atomic mass is 16.5. The van der Waals surface area contributed by atoms with E-state index in [0.717, 1.165) is 18.4 Å². The number of unbranched alkanes of at least 4 members (excludes halogenated alkanes) is 1. The van der Waals surface area contributed by atoms with Crippen molar-refractivity contribution >= 4 is 40.2 Å². The maximum absolute atomic E-state index is 11.7. The van der Waals surface area contributed by atoms with Gasteiger partial charge in [-0.25, -0.2) is 9.78 Å². The third-order valence-corrected chi connectivity index (χ3v) is 4.95. The van der Waals surface area contributed by atoms with E-state index in [1.165, 1.54) is 14.2 Å². The summed E-state index contributed by atoms with van der Waals surface area (Å²) in [4.78, 5) is 27.4. The summed E-state index contributed by atoms with van der Waals surface area (Å²) < 4.78 is 12.0. The molecular formula is C21H26N6O4. The number of esters is 1. The molecule has 7 N–H and O–H groups in total. The van der Waals surface area contributed by atoms with E-state index in [9.17, 15) is 9.59 Å². The number of fused-ring (bicyclic) bond motifs is 1. The number of imidazole rings is 1. The number of ether oxygens (including phenoxy) is 2. The molecule has 1 heterocycles. The second-order valence-corrected chi connectivity index (χ2v) is 6.96. The van der Waals surface area contributed by atoms with Crippen LogP contribution in [0, 0.1) is 0 Å². The number of anilines is 3. The van der Waals surface area contributed by atoms with Gasteiger partial charge < -0.3 is 36.6 Å². The Morgan fingerprint density at radius 3 is 2.55 bits per heavy atom. The van der Waals surface area contributed by atoms with Gasteiger partial charge in [-0.15, -0.1) is 0 Å². The molecule has 10 heteroatoms. The molecule has 31 heavy (non-hydrogen) atoms. The van der Waals surface area contributed by atoms with E-state index in [0.29, 0.717) is 52.8 Å². The number of methoxy groups -OCH3 is 2. The van der Waals surface area contributed by atoms with Gasteiger partial charge in [-0.1, -0.05) is 0 Å². The second-order valence-electron chi connectivity index (χ2n) is 6.96. The summed E-state index contributed by atoms with van der Waals surface area (Å²) in [5.41, 5.74) is 20.7. The van der Waals surface area contributed by atoms with E-state index in [1.54, 1.807) is 30.3 Å². The third-order valence-electron chi connectivity index (χ3n) is 4.95. The Kier molecular flexibility index (Phi) is 6.49. The molecule has 164 valence electrons. The number of nitrogen functional groups attached to an aromatic ring is 2. The zero-order chi connectivity index (χ0) is 22.5. The molecule has 0 aliphatic carbocycles. The zero-order valence-electron chi connectivity index (χ0n) is 17.5. The molecule has 0 radical (unpaired) electrons. The number of benzene rings is 2. The summed E-state index contributed by atoms with van der Waals surface area (Å²) in [6.07, 6.45) is 1.64. The third kappa shape index (κ3) is 4.63. The van der Waals surface area contributed by atoms with Crippen LogP contribution in [0.4, 0.5) is 17.3 Å². The summed E-state index contributed by atoms with van der Waals surface area (Å²) >= 11 is 0. The number of hydrogen-bond donors (Lipinski definition) is 4. The summed E-state index contributed by atoms with van der Waals surface area (Å²) in [6, 6.07) is 8.24. The van der Waals surface area contributed by atoms with Gasteiger partial charge in [0.2, 0.25) is 11.9 Å². The largest absolute Gasteiger partial charge is 0.494 e. The van der Waals surface area contributed by atoms with Gasteiger partial charge in [-0.3, -0.25) is 4.79 Å². The van der Waals surface area contributed by atoms with Crippen molar-refractivity contribution in [1.82, 2.24) is 9.55 Å². The number of nitrogens with zero attached hydrogens (tertiary/aromatic N) is 2. The number of amides is 1. The van der Waals surface area contributed by atoms with Crippen LogP contribution in [0.15, 0.2) is 30.3 Å². The van der Waals surface area contributed by atoms with Gasteiger partial charge in [0, 0.05) is 18.7 Å². The molecule has 10 nitrogen and oxygen atoms in total. The molecule has 0 saturated heterocycles. The van der Waals surface area contributed by atoms with E-state index < -0.39 is 11.9 Å². The standard InChI is InChI=1S/C21H26N6O4/c1-30-17-11-13(20(29)31-2)9-14(22)18(17)25-7-3-4-8-27-16-6-5-12(19(23)28)10-15(16)26-21(27)24/h5-6,9-11,25H,3-4,7-8,22H2,1-2H3,(H2,23,28)(H2,24,26). The second kappa shape index (κ2) is 9.24. The number of carbonyl (C=O) groups is 2. The van der Waals surface area contributed by atoms with Crippen molar-refractivity contribution in [3.8, 4) is 5.75 Å². The Morgan fingerprint density at radius 1 is 1.10 bits per heavy atom. The highest BCUT2D eigenvalue weighted by molar-refractivity contribution is 5.96. The lowest BCUT2D eigenvalue weighted by Crippen LogP contribution is -2.11. The van der Waals surface area contributed by atoms with Gasteiger partial charge in [-0.05, 0) is 43.2 Å². The Labute approximate surface area is 179 Å². The van der Waals surface area contributed by atoms with Crippen LogP contribution in [0.5, 0.6) is 5.75 Å². The van der Waals surface area contributed by atoms with Crippen molar-refractivity contribution in [3.63, 3.8) is 0 Å². The fourth-order valence-corrected chi connectivity index (χ4v) is 3.37. The molecule has 0 aliphatic heterocycles. The first-order chi connectivity index (χ1) is 14.8. The monoisotopic (exact) mass is 426 g/mol. The lowest BCUT2D eigenvalue weighted by atomic mass is 10.1. The molecule has 3 rings (SSSR count). The molecule has 0 bridgehead atoms. The predicted octanol–water partition coefficient (Wildman–Crippen LogP) is 1.99. The first-order valence-electron chi connectivity index (χ1n) is 9.71. The molecule has 1 aromatic heterocycles. The molecular weight excluding hydrogens is 400 g/mol. The van der Waals surface area contributed by atoms with Crippen LogP contribution >= 0.6 is 0 Å². The molecule has 0 fully saturated rings. The number of hydrogen-bond acceptors (Lipinski definition) is 8. The number of rotatable bonds is 9. The quantitative estimate of drug-likeness (QED) is 0.229. The van der Waals surface area contributed by atoms with E-state index in [1.807, 2.05) is 4.57 Å². The number of nitrogens with two attached hydrogens (primary N) is 3. The molecule has 2 aromatic carbocycles. The minimum atomic E-state index is -0.504. The first kappa shape index (κ1) is 21.8. The van der Waals surface area contributed by atoms with Gasteiger partial charge in [-0.2, -0.15) is 0 Å². The summed E-state index contributed by atoms with van der Waals surface area (Å²) in [7, 11) is 2.82. The molecule has 0 spiro atoms. The van der Waals surface area contributed by atoms with Crippen molar-refractivity contribution in [1.29, 1.82) is 0 Å². The average molecular weight is 426 g/mol. The summed E-state index contributed by atoms with van der Waals surface area (Å²) in [5, 5.41) is 3.26. The van der Waals surface area contributed by atoms with Crippen LogP contribution in [-0.2, 0) is 11.3 Å². The highest BCUT2D eigenvalue weighted by Crippen LogP contribution is 2.32. The van der Waals surface area contributed by atoms with E-state index in [2.05, 4.69) is 10.3 Å². The Bertz CT molecular complexity index is 1120. The van der Waals surface area contributed by atoms with E-state index >= 15 is 0 Å². The van der Waals surface area contributed by atoms with Gasteiger partial charge in [0.15, 0.2) is 0 Å². The van der Waals surface area contributed by atoms with Crippen molar-refractivity contribution in [2.75, 3.05) is 37.5 Å². The zero-order valence-corrected chi connectivity index (χ0v) is 17.5. The number of carbonyl (C=O) groups excluding carboxylic acids is 2. The van der Waals surface area contributed by atoms with Crippen LogP contribution < -0.4 is 27.3 Å². The van der Waals surface area contributed by atoms with Crippen LogP contribution in [-0.4, -0.2) is 42.2 Å². The number of aryl methyl sites for hydroxylation is 1. The van der Waals surface area contributed by atoms with Crippen LogP contribution in [0.2, 0.25) is 0 Å². The SMILES string of the molecule is COC(=O)c1cc(N)c(NCCCCn2c(N)nc3cc(C(N)=O)ccc32)c(OC)c1. The summed E-state index contributed by atoms with van der Waals surface area (Å²) in [5.74, 6) is -0.135. The maximum Gasteiger partial charge on any atom is 0.338 e. The lowest BCUT2D eigenvalue weighted by Gasteiger charge is -2.15. The van der Waals surface area contributed by atoms with Crippen LogP contribution in [0.1, 0.15) is 33.6 Å². The van der Waals surface area contributed by atoms with Crippen molar-refractivity contribution in [2.24, 2.45) is 5.73 Å². The van der Waals surface area contributed by atoms with Crippen LogP contribution in [0.3, 0.4) is 0 Å². The Balaban J connectivity index is 1.61. The molecule has 0 saturated carbocycles. The number of primary amides is 1. The molecule has 0 unspecified atom stereocenters. The fraction of sp³-hybridized carbons (Fsp3) is 0.286. The lowest BCUT2D eigenvalue weighted by molar-refractivity contribution is 0.0600. The number of nitrogens with one attached hydrogen (secondary N) is 1. The van der Waals surface area contributed by atoms with Crippen molar-refractivity contribution < 1.29 is 19.1 Å². The summed E-state index contributed by atoms with van der Waals surface area (Å²) in [6.45, 7) is 1.30. The average Bonchev–Trinajstić information content (AvgIpc) is 3.07. The van der Waals surface area contributed by atoms with E-state index in [4.69, 9.17) is 26.7 Å². The predicted molar refractivity (Wildman–Crippen MR) is 119 cm³/mol. The normalized spacial score (nSPS) is 10.8. The smallest absolute Gasteiger partial charge is 0.338 e. The molecule has 0 aliphatic rings. The minimum absolute atomic E-state index is 0.323. The molecule has 3 aromatic rings. The topological polar surface area (TPSA) is 161 Å². The fourth-order valence-electron chi connectivity index (χ4n) is 3.37. The molecule has 1 amide bonds. The van der Waals surface area contributed by atoms with Gasteiger partial charge in [0.1, 0.15) is 11.4 Å². The van der Waals surface area contributed by atoms with Crippen molar-refractivity contribution in [3.05, 3.63) is 41.5 Å². The Hall–Kier alpha value is -3.95. The van der Waals surface area contributed by atoms with Crippen molar-refractivity contribution in [2.45, 2.75) is 19.4 Å². The highest BCUT2D eigenvalue weighted by Gasteiger charge is 2.14. The van der Waals surface area contributed by atoms with Crippen LogP contribution in [0.25, 0.3) is 11.0 Å².